The highest BCUT2D eigenvalue weighted by Gasteiger charge is 2.34. The fourth-order valence-corrected chi connectivity index (χ4v) is 3.30. The maximum Gasteiger partial charge on any atom is 0.123 e. The van der Waals surface area contributed by atoms with Crippen molar-refractivity contribution in [1.29, 1.82) is 0 Å². The van der Waals surface area contributed by atoms with Crippen molar-refractivity contribution in [2.24, 2.45) is 0 Å². The lowest BCUT2D eigenvalue weighted by Gasteiger charge is -2.27. The number of nitrogens with zero attached hydrogens (tertiary/aromatic N) is 1. The van der Waals surface area contributed by atoms with Crippen LogP contribution in [0.25, 0.3) is 0 Å². The number of methoxy groups -OCH3 is 1. The van der Waals surface area contributed by atoms with Crippen LogP contribution in [0.1, 0.15) is 17.5 Å². The first-order valence-corrected chi connectivity index (χ1v) is 7.81. The van der Waals surface area contributed by atoms with Crippen molar-refractivity contribution in [3.8, 4) is 0 Å². The average molecular weight is 299 g/mol. The molecule has 0 unspecified atom stereocenters. The van der Waals surface area contributed by atoms with Gasteiger partial charge in [-0.25, -0.2) is 4.39 Å². The zero-order valence-electron chi connectivity index (χ0n) is 12.9. The number of benzene rings is 2. The summed E-state index contributed by atoms with van der Waals surface area (Å²) in [5, 5.41) is 0. The van der Waals surface area contributed by atoms with E-state index in [4.69, 9.17) is 4.74 Å². The van der Waals surface area contributed by atoms with Crippen LogP contribution < -0.4 is 0 Å². The molecule has 22 heavy (non-hydrogen) atoms. The van der Waals surface area contributed by atoms with Gasteiger partial charge in [0.05, 0.1) is 6.10 Å². The first kappa shape index (κ1) is 15.2. The summed E-state index contributed by atoms with van der Waals surface area (Å²) in [6, 6.07) is 17.7. The quantitative estimate of drug-likeness (QED) is 0.835. The zero-order valence-corrected chi connectivity index (χ0v) is 12.9. The van der Waals surface area contributed by atoms with E-state index < -0.39 is 0 Å². The van der Waals surface area contributed by atoms with Crippen LogP contribution in [0.3, 0.4) is 0 Å². The zero-order chi connectivity index (χ0) is 15.4. The van der Waals surface area contributed by atoms with E-state index in [1.807, 2.05) is 18.2 Å². The van der Waals surface area contributed by atoms with Crippen LogP contribution >= 0.6 is 0 Å². The first-order chi connectivity index (χ1) is 10.8. The summed E-state index contributed by atoms with van der Waals surface area (Å²) in [6.45, 7) is 1.87. The maximum atomic E-state index is 13.0. The third-order valence-corrected chi connectivity index (χ3v) is 4.49. The molecule has 1 aliphatic heterocycles. The highest BCUT2D eigenvalue weighted by molar-refractivity contribution is 5.19. The smallest absolute Gasteiger partial charge is 0.123 e. The molecule has 2 aromatic rings. The fourth-order valence-electron chi connectivity index (χ4n) is 3.30. The van der Waals surface area contributed by atoms with Gasteiger partial charge in [0.25, 0.3) is 0 Å². The van der Waals surface area contributed by atoms with E-state index in [9.17, 15) is 4.39 Å². The molecule has 0 bridgehead atoms. The Balaban J connectivity index is 1.72. The Morgan fingerprint density at radius 2 is 1.77 bits per heavy atom. The maximum absolute atomic E-state index is 13.0. The Hall–Kier alpha value is -1.71. The molecule has 0 saturated carbocycles. The van der Waals surface area contributed by atoms with E-state index in [0.29, 0.717) is 6.04 Å². The highest BCUT2D eigenvalue weighted by atomic mass is 19.1. The largest absolute Gasteiger partial charge is 0.380 e. The summed E-state index contributed by atoms with van der Waals surface area (Å²) in [5.74, 6) is -0.180. The molecular weight excluding hydrogens is 277 g/mol. The van der Waals surface area contributed by atoms with Gasteiger partial charge in [0.2, 0.25) is 0 Å². The van der Waals surface area contributed by atoms with Crippen LogP contribution in [-0.4, -0.2) is 30.7 Å². The van der Waals surface area contributed by atoms with Gasteiger partial charge in [-0.3, -0.25) is 4.90 Å². The third-order valence-electron chi connectivity index (χ3n) is 4.49. The normalized spacial score (nSPS) is 22.1. The minimum absolute atomic E-state index is 0.180. The number of likely N-dealkylation sites (tertiary alicyclic amines) is 1. The second-order valence-electron chi connectivity index (χ2n) is 5.92. The van der Waals surface area contributed by atoms with Gasteiger partial charge in [-0.1, -0.05) is 42.5 Å². The lowest BCUT2D eigenvalue weighted by molar-refractivity contribution is 0.0638. The topological polar surface area (TPSA) is 12.5 Å². The summed E-state index contributed by atoms with van der Waals surface area (Å²) in [5.41, 5.74) is 2.48. The van der Waals surface area contributed by atoms with Crippen LogP contribution in [0.2, 0.25) is 0 Å². The third kappa shape index (κ3) is 3.54. The van der Waals surface area contributed by atoms with Crippen molar-refractivity contribution in [1.82, 2.24) is 4.90 Å². The Morgan fingerprint density at radius 3 is 2.45 bits per heavy atom. The molecule has 0 radical (unpaired) electrons. The monoisotopic (exact) mass is 299 g/mol. The van der Waals surface area contributed by atoms with Crippen molar-refractivity contribution in [2.45, 2.75) is 31.5 Å². The van der Waals surface area contributed by atoms with Crippen molar-refractivity contribution < 1.29 is 9.13 Å². The number of halogens is 1. The van der Waals surface area contributed by atoms with Gasteiger partial charge in [-0.2, -0.15) is 0 Å². The Labute approximate surface area is 131 Å². The summed E-state index contributed by atoms with van der Waals surface area (Å²) >= 11 is 0. The fraction of sp³-hybridized carbons (Fsp3) is 0.368. The number of hydrogen-bond donors (Lipinski definition) is 0. The Kier molecular flexibility index (Phi) is 4.86. The van der Waals surface area contributed by atoms with E-state index in [-0.39, 0.29) is 11.9 Å². The van der Waals surface area contributed by atoms with Gasteiger partial charge >= 0.3 is 0 Å². The van der Waals surface area contributed by atoms with E-state index in [1.54, 1.807) is 7.11 Å². The number of ether oxygens (including phenoxy) is 1. The van der Waals surface area contributed by atoms with Crippen molar-refractivity contribution >= 4 is 0 Å². The first-order valence-electron chi connectivity index (χ1n) is 7.81. The van der Waals surface area contributed by atoms with Crippen LogP contribution in [0.5, 0.6) is 0 Å². The van der Waals surface area contributed by atoms with Gasteiger partial charge < -0.3 is 4.74 Å². The van der Waals surface area contributed by atoms with E-state index >= 15 is 0 Å². The van der Waals surface area contributed by atoms with E-state index in [0.717, 1.165) is 31.5 Å². The molecule has 0 spiro atoms. The molecule has 0 aliphatic carbocycles. The molecule has 2 atom stereocenters. The summed E-state index contributed by atoms with van der Waals surface area (Å²) in [6.07, 6.45) is 2.30. The standard InChI is InChI=1S/C19H22FNO/c1-22-19-11-12-21(14-16-7-9-17(20)10-8-16)18(19)13-15-5-3-2-4-6-15/h2-10,18-19H,11-14H2,1H3/t18-,19+/m0/s1. The minimum Gasteiger partial charge on any atom is -0.380 e. The van der Waals surface area contributed by atoms with Crippen LogP contribution in [0.4, 0.5) is 4.39 Å². The molecule has 1 heterocycles. The predicted octanol–water partition coefficient (Wildman–Crippen LogP) is 3.66. The molecule has 3 heteroatoms. The van der Waals surface area contributed by atoms with Gasteiger partial charge in [0.1, 0.15) is 5.82 Å². The molecule has 1 saturated heterocycles. The summed E-state index contributed by atoms with van der Waals surface area (Å²) < 4.78 is 18.7. The lowest BCUT2D eigenvalue weighted by atomic mass is 10.0. The van der Waals surface area contributed by atoms with E-state index in [2.05, 4.69) is 29.2 Å². The molecule has 0 N–H and O–H groups in total. The van der Waals surface area contributed by atoms with Crippen molar-refractivity contribution in [2.75, 3.05) is 13.7 Å². The van der Waals surface area contributed by atoms with Gasteiger partial charge in [0, 0.05) is 26.2 Å². The Bertz CT molecular complexity index is 584. The van der Waals surface area contributed by atoms with Crippen molar-refractivity contribution in [3.05, 3.63) is 71.5 Å². The molecule has 3 rings (SSSR count). The van der Waals surface area contributed by atoms with Crippen LogP contribution in [-0.2, 0) is 17.7 Å². The number of hydrogen-bond acceptors (Lipinski definition) is 2. The molecule has 2 nitrogen and oxygen atoms in total. The average Bonchev–Trinajstić information content (AvgIpc) is 2.92. The molecular formula is C19H22FNO. The second-order valence-corrected chi connectivity index (χ2v) is 5.92. The van der Waals surface area contributed by atoms with Gasteiger partial charge in [0.15, 0.2) is 0 Å². The molecule has 2 aromatic carbocycles. The second kappa shape index (κ2) is 7.03. The molecule has 1 fully saturated rings. The Morgan fingerprint density at radius 1 is 1.05 bits per heavy atom. The minimum atomic E-state index is -0.180. The van der Waals surface area contributed by atoms with Crippen molar-refractivity contribution in [3.63, 3.8) is 0 Å². The van der Waals surface area contributed by atoms with Gasteiger partial charge in [-0.05, 0) is 36.1 Å². The van der Waals surface area contributed by atoms with Gasteiger partial charge in [-0.15, -0.1) is 0 Å². The molecule has 0 amide bonds. The molecule has 0 aromatic heterocycles. The summed E-state index contributed by atoms with van der Waals surface area (Å²) in [7, 11) is 1.80. The SMILES string of the molecule is CO[C@@H]1CCN(Cc2ccc(F)cc2)[C@H]1Cc1ccccc1. The van der Waals surface area contributed by atoms with E-state index in [1.165, 1.54) is 17.7 Å². The predicted molar refractivity (Wildman–Crippen MR) is 86.2 cm³/mol. The van der Waals surface area contributed by atoms with Crippen LogP contribution in [0.15, 0.2) is 54.6 Å². The lowest BCUT2D eigenvalue weighted by Crippen LogP contribution is -2.37. The highest BCUT2D eigenvalue weighted by Crippen LogP contribution is 2.26. The van der Waals surface area contributed by atoms with Crippen LogP contribution in [0, 0.1) is 5.82 Å². The summed E-state index contributed by atoms with van der Waals surface area (Å²) in [4.78, 5) is 2.45. The number of rotatable bonds is 5. The molecule has 116 valence electrons. The molecule has 1 aliphatic rings.